The van der Waals surface area contributed by atoms with Crippen LogP contribution in [0.1, 0.15) is 0 Å². The summed E-state index contributed by atoms with van der Waals surface area (Å²) in [6, 6.07) is 0. The van der Waals surface area contributed by atoms with Gasteiger partial charge in [0.25, 0.3) is 0 Å². The third kappa shape index (κ3) is 18.7. The van der Waals surface area contributed by atoms with E-state index in [2.05, 4.69) is 13.2 Å². The van der Waals surface area contributed by atoms with E-state index in [1.165, 1.54) is 0 Å². The Labute approximate surface area is 105 Å². The first kappa shape index (κ1) is 18.7. The van der Waals surface area contributed by atoms with Gasteiger partial charge in [-0.15, -0.1) is 0 Å². The van der Waals surface area contributed by atoms with Gasteiger partial charge < -0.3 is 10.2 Å². The molecule has 0 fully saturated rings. The Hall–Kier alpha value is -0.0779. The van der Waals surface area contributed by atoms with E-state index in [4.69, 9.17) is 33.4 Å². The van der Waals surface area contributed by atoms with Crippen molar-refractivity contribution in [3.05, 3.63) is 23.2 Å². The summed E-state index contributed by atoms with van der Waals surface area (Å²) in [7, 11) is 0. The van der Waals surface area contributed by atoms with Crippen LogP contribution in [0.3, 0.4) is 0 Å². The van der Waals surface area contributed by atoms with E-state index in [-0.39, 0.29) is 37.4 Å². The van der Waals surface area contributed by atoms with Crippen LogP contribution < -0.4 is 0 Å². The fraction of sp³-hybridized carbons (Fsp3) is 0. The fourth-order valence-corrected chi connectivity index (χ4v) is 0. The van der Waals surface area contributed by atoms with E-state index in [9.17, 15) is 9.59 Å². The Morgan fingerprint density at radius 2 is 1.00 bits per heavy atom. The summed E-state index contributed by atoms with van der Waals surface area (Å²) >= 11 is 9.64. The summed E-state index contributed by atoms with van der Waals surface area (Å²) in [6.07, 6.45) is 0. The molecule has 0 aliphatic heterocycles. The normalized spacial score (nSPS) is 6.92. The quantitative estimate of drug-likeness (QED) is 0.598. The van der Waals surface area contributed by atoms with Gasteiger partial charge in [0.2, 0.25) is 0 Å². The van der Waals surface area contributed by atoms with Crippen LogP contribution in [0.25, 0.3) is 0 Å². The van der Waals surface area contributed by atoms with Crippen molar-refractivity contribution in [2.45, 2.75) is 0 Å². The zero-order valence-electron chi connectivity index (χ0n) is 6.59. The number of rotatable bonds is 2. The molecule has 0 unspecified atom stereocenters. The molecule has 0 saturated carbocycles. The molecule has 7 heteroatoms. The Balaban J connectivity index is -0.000000143. The molecule has 0 aliphatic rings. The van der Waals surface area contributed by atoms with Crippen molar-refractivity contribution in [2.24, 2.45) is 0 Å². The minimum absolute atomic E-state index is 0. The molecule has 4 nitrogen and oxygen atoms in total. The molecule has 0 atom stereocenters. The van der Waals surface area contributed by atoms with Gasteiger partial charge in [0, 0.05) is 27.3 Å². The number of aliphatic carboxylic acids is 2. The van der Waals surface area contributed by atoms with Crippen LogP contribution in [0.5, 0.6) is 0 Å². The van der Waals surface area contributed by atoms with E-state index in [1.54, 1.807) is 0 Å². The molecule has 0 aromatic heterocycles. The first-order chi connectivity index (χ1) is 5.29. The van der Waals surface area contributed by atoms with E-state index in [0.29, 0.717) is 0 Å². The summed E-state index contributed by atoms with van der Waals surface area (Å²) in [5, 5.41) is 14.8. The summed E-state index contributed by atoms with van der Waals surface area (Å²) in [5.74, 6) is -2.34. The van der Waals surface area contributed by atoms with Crippen LogP contribution in [0, 0.1) is 0 Å². The molecule has 2 N–H and O–H groups in total. The van der Waals surface area contributed by atoms with E-state index < -0.39 is 11.9 Å². The van der Waals surface area contributed by atoms with Gasteiger partial charge in [-0.1, -0.05) is 36.4 Å². The van der Waals surface area contributed by atoms with Crippen LogP contribution in [0.15, 0.2) is 23.2 Å². The second kappa shape index (κ2) is 10.0. The maximum Gasteiger partial charge on any atom is 0.346 e. The maximum absolute atomic E-state index is 9.47. The van der Waals surface area contributed by atoms with Gasteiger partial charge in [0.15, 0.2) is 0 Å². The van der Waals surface area contributed by atoms with Crippen molar-refractivity contribution in [2.75, 3.05) is 0 Å². The third-order valence-electron chi connectivity index (χ3n) is 0.464. The topological polar surface area (TPSA) is 74.6 Å². The average molecular weight is 325 g/mol. The monoisotopic (exact) mass is 326 g/mol. The first-order valence-electron chi connectivity index (χ1n) is 2.44. The molecule has 0 rings (SSSR count). The number of carbonyl (C=O) groups is 2. The SMILES string of the molecule is C=C(Cl)C(=O)O.C=C(Cl)C(=O)O.[Cd]. The molecular weight excluding hydrogens is 319 g/mol. The molecule has 0 aromatic rings. The van der Waals surface area contributed by atoms with E-state index >= 15 is 0 Å². The van der Waals surface area contributed by atoms with Crippen molar-refractivity contribution in [1.29, 1.82) is 0 Å². The summed E-state index contributed by atoms with van der Waals surface area (Å²) in [6.45, 7) is 5.84. The van der Waals surface area contributed by atoms with Crippen LogP contribution in [-0.4, -0.2) is 22.2 Å². The number of hydrogen-bond acceptors (Lipinski definition) is 2. The largest absolute Gasteiger partial charge is 0.477 e. The minimum Gasteiger partial charge on any atom is -0.477 e. The molecule has 0 spiro atoms. The van der Waals surface area contributed by atoms with E-state index in [1.807, 2.05) is 0 Å². The van der Waals surface area contributed by atoms with E-state index in [0.717, 1.165) is 0 Å². The zero-order chi connectivity index (χ0) is 10.3. The van der Waals surface area contributed by atoms with Gasteiger partial charge in [-0.05, 0) is 0 Å². The summed E-state index contributed by atoms with van der Waals surface area (Å²) in [4.78, 5) is 18.9. The van der Waals surface area contributed by atoms with Crippen LogP contribution >= 0.6 is 23.2 Å². The first-order valence-corrected chi connectivity index (χ1v) is 3.20. The Morgan fingerprint density at radius 3 is 1.00 bits per heavy atom. The van der Waals surface area contributed by atoms with Gasteiger partial charge >= 0.3 is 11.9 Å². The third-order valence-corrected chi connectivity index (χ3v) is 0.787. The predicted octanol–water partition coefficient (Wildman–Crippen LogP) is 1.64. The van der Waals surface area contributed by atoms with Crippen LogP contribution in [0.4, 0.5) is 0 Å². The molecule has 0 amide bonds. The molecule has 0 heterocycles. The Kier molecular flexibility index (Phi) is 14.4. The van der Waals surface area contributed by atoms with Gasteiger partial charge in [0.1, 0.15) is 10.1 Å². The number of halogens is 2. The molecule has 70 valence electrons. The summed E-state index contributed by atoms with van der Waals surface area (Å²) < 4.78 is 0. The molecule has 0 aromatic carbocycles. The molecule has 0 radical (unpaired) electrons. The Morgan fingerprint density at radius 1 is 0.923 bits per heavy atom. The number of carboxylic acid groups (broad SMARTS) is 2. The maximum atomic E-state index is 9.47. The molecule has 0 bridgehead atoms. The van der Waals surface area contributed by atoms with Gasteiger partial charge in [0.05, 0.1) is 0 Å². The van der Waals surface area contributed by atoms with Crippen LogP contribution in [-0.2, 0) is 36.9 Å². The average Bonchev–Trinajstić information content (AvgIpc) is 1.88. The molecule has 0 aliphatic carbocycles. The second-order valence-electron chi connectivity index (χ2n) is 1.42. The second-order valence-corrected chi connectivity index (χ2v) is 2.33. The van der Waals surface area contributed by atoms with Gasteiger partial charge in [-0.25, -0.2) is 9.59 Å². The molecular formula is C6H6CdCl2O4. The standard InChI is InChI=1S/2C3H3ClO2.Cd/c2*1-2(4)3(5)6;/h2*1H2,(H,5,6);. The predicted molar refractivity (Wildman–Crippen MR) is 45.3 cm³/mol. The Bertz CT molecular complexity index is 179. The van der Waals surface area contributed by atoms with Crippen molar-refractivity contribution >= 4 is 35.1 Å². The fourth-order valence-electron chi connectivity index (χ4n) is 0. The molecule has 0 saturated heterocycles. The van der Waals surface area contributed by atoms with Crippen molar-refractivity contribution in [3.63, 3.8) is 0 Å². The number of hydrogen-bond donors (Lipinski definition) is 2. The minimum atomic E-state index is -1.17. The summed E-state index contributed by atoms with van der Waals surface area (Å²) in [5.41, 5.74) is 0. The smallest absolute Gasteiger partial charge is 0.346 e. The van der Waals surface area contributed by atoms with Gasteiger partial charge in [-0.2, -0.15) is 0 Å². The molecule has 13 heavy (non-hydrogen) atoms. The van der Waals surface area contributed by atoms with Crippen molar-refractivity contribution in [3.8, 4) is 0 Å². The van der Waals surface area contributed by atoms with Crippen molar-refractivity contribution in [1.82, 2.24) is 0 Å². The van der Waals surface area contributed by atoms with Gasteiger partial charge in [-0.3, -0.25) is 0 Å². The zero-order valence-corrected chi connectivity index (χ0v) is 12.1. The number of carboxylic acids is 2. The van der Waals surface area contributed by atoms with Crippen LogP contribution in [0.2, 0.25) is 0 Å². The van der Waals surface area contributed by atoms with Crippen molar-refractivity contribution < 1.29 is 47.1 Å².